The fourth-order valence-corrected chi connectivity index (χ4v) is 1.31. The molecule has 1 atom stereocenters. The molecule has 17 heavy (non-hydrogen) atoms. The Labute approximate surface area is 99.8 Å². The summed E-state index contributed by atoms with van der Waals surface area (Å²) in [5.41, 5.74) is 0.573. The Balaban J connectivity index is 2.24. The van der Waals surface area contributed by atoms with Gasteiger partial charge in [-0.25, -0.2) is 9.18 Å². The van der Waals surface area contributed by atoms with Crippen molar-refractivity contribution in [3.8, 4) is 0 Å². The Bertz CT molecular complexity index is 369. The van der Waals surface area contributed by atoms with Gasteiger partial charge in [-0.1, -0.05) is 18.2 Å². The van der Waals surface area contributed by atoms with E-state index < -0.39 is 6.10 Å². The second-order valence-electron chi connectivity index (χ2n) is 3.83. The lowest BCUT2D eigenvalue weighted by Gasteiger charge is -2.09. The largest absolute Gasteiger partial charge is 0.392 e. The van der Waals surface area contributed by atoms with Crippen LogP contribution >= 0.6 is 0 Å². The zero-order valence-electron chi connectivity index (χ0n) is 9.74. The molecule has 1 aromatic rings. The fourth-order valence-electron chi connectivity index (χ4n) is 1.31. The van der Waals surface area contributed by atoms with E-state index in [9.17, 15) is 9.18 Å². The average molecular weight is 240 g/mol. The molecular weight excluding hydrogens is 223 g/mol. The van der Waals surface area contributed by atoms with Gasteiger partial charge in [0.15, 0.2) is 0 Å². The van der Waals surface area contributed by atoms with Crippen molar-refractivity contribution >= 4 is 6.03 Å². The minimum absolute atomic E-state index is 0.200. The summed E-state index contributed by atoms with van der Waals surface area (Å²) >= 11 is 0. The first-order valence-electron chi connectivity index (χ1n) is 5.52. The number of carbonyl (C=O) groups is 1. The zero-order valence-corrected chi connectivity index (χ0v) is 9.74. The molecule has 5 heteroatoms. The molecule has 0 heterocycles. The molecule has 0 bridgehead atoms. The lowest BCUT2D eigenvalue weighted by molar-refractivity contribution is 0.187. The summed E-state index contributed by atoms with van der Waals surface area (Å²) in [4.78, 5) is 11.2. The molecule has 0 aliphatic carbocycles. The van der Waals surface area contributed by atoms with Crippen LogP contribution in [0.4, 0.5) is 9.18 Å². The lowest BCUT2D eigenvalue weighted by Crippen LogP contribution is -2.39. The number of rotatable bonds is 5. The minimum atomic E-state index is -0.577. The van der Waals surface area contributed by atoms with Crippen LogP contribution in [0.25, 0.3) is 0 Å². The van der Waals surface area contributed by atoms with E-state index in [2.05, 4.69) is 10.6 Å². The van der Waals surface area contributed by atoms with Crippen LogP contribution in [0.1, 0.15) is 12.5 Å². The van der Waals surface area contributed by atoms with Crippen molar-refractivity contribution in [1.29, 1.82) is 0 Å². The molecule has 0 saturated heterocycles. The first-order chi connectivity index (χ1) is 8.09. The smallest absolute Gasteiger partial charge is 0.314 e. The van der Waals surface area contributed by atoms with E-state index in [1.165, 1.54) is 6.07 Å². The van der Waals surface area contributed by atoms with Gasteiger partial charge in [0.25, 0.3) is 0 Å². The number of aliphatic hydroxyl groups is 1. The summed E-state index contributed by atoms with van der Waals surface area (Å²) in [7, 11) is 0. The van der Waals surface area contributed by atoms with E-state index in [4.69, 9.17) is 5.11 Å². The molecule has 0 saturated carbocycles. The van der Waals surface area contributed by atoms with Gasteiger partial charge in [0.2, 0.25) is 0 Å². The van der Waals surface area contributed by atoms with Crippen molar-refractivity contribution in [1.82, 2.24) is 10.6 Å². The SMILES string of the molecule is CC(O)CNC(=O)NCCc1ccccc1F. The van der Waals surface area contributed by atoms with Gasteiger partial charge in [-0.15, -0.1) is 0 Å². The first kappa shape index (κ1) is 13.4. The van der Waals surface area contributed by atoms with E-state index in [0.717, 1.165) is 0 Å². The molecule has 0 aromatic heterocycles. The van der Waals surface area contributed by atoms with Gasteiger partial charge in [-0.3, -0.25) is 0 Å². The van der Waals surface area contributed by atoms with Crippen molar-refractivity contribution in [3.05, 3.63) is 35.6 Å². The Morgan fingerprint density at radius 3 is 2.76 bits per heavy atom. The highest BCUT2D eigenvalue weighted by Crippen LogP contribution is 2.05. The van der Waals surface area contributed by atoms with E-state index in [1.54, 1.807) is 25.1 Å². The third-order valence-electron chi connectivity index (χ3n) is 2.20. The molecule has 0 fully saturated rings. The van der Waals surface area contributed by atoms with Crippen molar-refractivity contribution in [2.45, 2.75) is 19.4 Å². The third-order valence-corrected chi connectivity index (χ3v) is 2.20. The summed E-state index contributed by atoms with van der Waals surface area (Å²) in [6.45, 7) is 2.14. The number of hydrogen-bond donors (Lipinski definition) is 3. The normalized spacial score (nSPS) is 11.9. The van der Waals surface area contributed by atoms with Crippen LogP contribution in [0.5, 0.6) is 0 Å². The number of nitrogens with one attached hydrogen (secondary N) is 2. The number of halogens is 1. The zero-order chi connectivity index (χ0) is 12.7. The number of amides is 2. The molecule has 0 spiro atoms. The van der Waals surface area contributed by atoms with Gasteiger partial charge >= 0.3 is 6.03 Å². The fraction of sp³-hybridized carbons (Fsp3) is 0.417. The van der Waals surface area contributed by atoms with Crippen LogP contribution in [0.2, 0.25) is 0 Å². The second-order valence-corrected chi connectivity index (χ2v) is 3.83. The second kappa shape index (κ2) is 6.85. The molecule has 1 unspecified atom stereocenters. The minimum Gasteiger partial charge on any atom is -0.392 e. The van der Waals surface area contributed by atoms with Crippen LogP contribution in [0, 0.1) is 5.82 Å². The van der Waals surface area contributed by atoms with Gasteiger partial charge in [0.1, 0.15) is 5.82 Å². The number of urea groups is 1. The van der Waals surface area contributed by atoms with E-state index in [0.29, 0.717) is 18.5 Å². The van der Waals surface area contributed by atoms with Gasteiger partial charge in [0.05, 0.1) is 6.10 Å². The molecule has 2 amide bonds. The molecule has 1 aromatic carbocycles. The number of benzene rings is 1. The number of carbonyl (C=O) groups excluding carboxylic acids is 1. The van der Waals surface area contributed by atoms with Crippen LogP contribution in [-0.4, -0.2) is 30.3 Å². The van der Waals surface area contributed by atoms with Gasteiger partial charge in [-0.05, 0) is 25.0 Å². The topological polar surface area (TPSA) is 61.4 Å². The summed E-state index contributed by atoms with van der Waals surface area (Å²) in [6.07, 6.45) is -0.137. The lowest BCUT2D eigenvalue weighted by atomic mass is 10.1. The van der Waals surface area contributed by atoms with Gasteiger partial charge in [0, 0.05) is 13.1 Å². The van der Waals surface area contributed by atoms with Crippen molar-refractivity contribution < 1.29 is 14.3 Å². The van der Waals surface area contributed by atoms with Gasteiger partial charge in [-0.2, -0.15) is 0 Å². The van der Waals surface area contributed by atoms with Gasteiger partial charge < -0.3 is 15.7 Å². The summed E-state index contributed by atoms with van der Waals surface area (Å²) in [5.74, 6) is -0.265. The Hall–Kier alpha value is -1.62. The molecule has 1 rings (SSSR count). The van der Waals surface area contributed by atoms with Crippen molar-refractivity contribution in [3.63, 3.8) is 0 Å². The Morgan fingerprint density at radius 1 is 1.41 bits per heavy atom. The van der Waals surface area contributed by atoms with Crippen LogP contribution in [0.15, 0.2) is 24.3 Å². The number of aliphatic hydroxyl groups excluding tert-OH is 1. The maximum absolute atomic E-state index is 13.2. The molecular formula is C12H17FN2O2. The highest BCUT2D eigenvalue weighted by molar-refractivity contribution is 5.73. The number of hydrogen-bond acceptors (Lipinski definition) is 2. The van der Waals surface area contributed by atoms with Crippen LogP contribution in [-0.2, 0) is 6.42 Å². The van der Waals surface area contributed by atoms with Crippen molar-refractivity contribution in [2.24, 2.45) is 0 Å². The maximum atomic E-state index is 13.2. The quantitative estimate of drug-likeness (QED) is 0.720. The monoisotopic (exact) mass is 240 g/mol. The molecule has 4 nitrogen and oxygen atoms in total. The highest BCUT2D eigenvalue weighted by atomic mass is 19.1. The maximum Gasteiger partial charge on any atom is 0.314 e. The summed E-state index contributed by atoms with van der Waals surface area (Å²) in [6, 6.07) is 6.10. The predicted octanol–water partition coefficient (Wildman–Crippen LogP) is 1.05. The Morgan fingerprint density at radius 2 is 2.12 bits per heavy atom. The molecule has 3 N–H and O–H groups in total. The molecule has 0 radical (unpaired) electrons. The standard InChI is InChI=1S/C12H17FN2O2/c1-9(16)8-15-12(17)14-7-6-10-4-2-3-5-11(10)13/h2-5,9,16H,6-8H2,1H3,(H2,14,15,17). The predicted molar refractivity (Wildman–Crippen MR) is 63.2 cm³/mol. The van der Waals surface area contributed by atoms with E-state index >= 15 is 0 Å². The van der Waals surface area contributed by atoms with E-state index in [-0.39, 0.29) is 18.4 Å². The molecule has 0 aliphatic heterocycles. The molecule has 0 aliphatic rings. The molecule has 94 valence electrons. The first-order valence-corrected chi connectivity index (χ1v) is 5.52. The Kier molecular flexibility index (Phi) is 5.42. The van der Waals surface area contributed by atoms with Crippen LogP contribution in [0.3, 0.4) is 0 Å². The summed E-state index contributed by atoms with van der Waals surface area (Å²) < 4.78 is 13.2. The highest BCUT2D eigenvalue weighted by Gasteiger charge is 2.03. The van der Waals surface area contributed by atoms with Crippen molar-refractivity contribution in [2.75, 3.05) is 13.1 Å². The summed E-state index contributed by atoms with van der Waals surface area (Å²) in [5, 5.41) is 14.0. The van der Waals surface area contributed by atoms with Crippen LogP contribution < -0.4 is 10.6 Å². The average Bonchev–Trinajstić information content (AvgIpc) is 2.29. The van der Waals surface area contributed by atoms with E-state index in [1.807, 2.05) is 0 Å². The third kappa shape index (κ3) is 5.31.